The van der Waals surface area contributed by atoms with Crippen molar-refractivity contribution >= 4 is 47.6 Å². The number of H-pyrrole nitrogens is 1. The van der Waals surface area contributed by atoms with E-state index in [9.17, 15) is 4.79 Å². The molecule has 1 amide bonds. The number of ether oxygens (including phenoxy) is 1. The zero-order chi connectivity index (χ0) is 17.7. The first kappa shape index (κ1) is 24.0. The maximum atomic E-state index is 12.1. The van der Waals surface area contributed by atoms with E-state index in [1.54, 1.807) is 13.1 Å². The number of amides is 1. The largest absolute Gasteiger partial charge is 0.493 e. The third kappa shape index (κ3) is 6.40. The van der Waals surface area contributed by atoms with E-state index >= 15 is 0 Å². The molecule has 146 valence electrons. The zero-order valence-electron chi connectivity index (χ0n) is 15.5. The fraction of sp³-hybridized carbons (Fsp3) is 0.412. The predicted octanol–water partition coefficient (Wildman–Crippen LogP) is 2.32. The number of aromatic amines is 1. The molecule has 0 saturated carbocycles. The van der Waals surface area contributed by atoms with Crippen molar-refractivity contribution in [3.8, 4) is 5.75 Å². The lowest BCUT2D eigenvalue weighted by Crippen LogP contribution is -2.28. The Morgan fingerprint density at radius 3 is 2.62 bits per heavy atom. The summed E-state index contributed by atoms with van der Waals surface area (Å²) in [6.07, 6.45) is 0.955. The molecular weight excluding hydrogens is 377 g/mol. The quantitative estimate of drug-likeness (QED) is 0.390. The van der Waals surface area contributed by atoms with Crippen LogP contribution in [-0.2, 0) is 0 Å². The Hall–Kier alpha value is -1.96. The number of benzene rings is 1. The Balaban J connectivity index is 0.00000312. The van der Waals surface area contributed by atoms with E-state index in [0.29, 0.717) is 12.3 Å². The van der Waals surface area contributed by atoms with Gasteiger partial charge in [-0.05, 0) is 45.1 Å². The summed E-state index contributed by atoms with van der Waals surface area (Å²) in [6, 6.07) is 5.67. The molecule has 1 heterocycles. The minimum absolute atomic E-state index is 0. The number of nitrogens with one attached hydrogen (secondary N) is 2. The molecule has 9 heteroatoms. The number of halogens is 2. The number of nitrogens with two attached hydrogens (primary N) is 1. The molecule has 0 aliphatic carbocycles. The summed E-state index contributed by atoms with van der Waals surface area (Å²) in [5.74, 6) is 0.462. The molecule has 0 saturated heterocycles. The normalized spacial score (nSPS) is 11.0. The third-order valence-electron chi connectivity index (χ3n) is 3.65. The molecule has 0 aliphatic rings. The number of hydrogen-bond acceptors (Lipinski definition) is 3. The van der Waals surface area contributed by atoms with Gasteiger partial charge in [0.2, 0.25) is 0 Å². The average molecular weight is 404 g/mol. The van der Waals surface area contributed by atoms with E-state index in [4.69, 9.17) is 10.5 Å². The van der Waals surface area contributed by atoms with Crippen molar-refractivity contribution in [1.82, 2.24) is 15.2 Å². The van der Waals surface area contributed by atoms with Gasteiger partial charge in [0.05, 0.1) is 6.61 Å². The maximum absolute atomic E-state index is 12.1. The van der Waals surface area contributed by atoms with E-state index in [2.05, 4.69) is 20.2 Å². The predicted molar refractivity (Wildman–Crippen MR) is 111 cm³/mol. The van der Waals surface area contributed by atoms with Crippen LogP contribution in [0.25, 0.3) is 10.9 Å². The van der Waals surface area contributed by atoms with Gasteiger partial charge >= 0.3 is 0 Å². The van der Waals surface area contributed by atoms with Crippen LogP contribution in [0, 0.1) is 6.92 Å². The first-order chi connectivity index (χ1) is 11.4. The highest BCUT2D eigenvalue weighted by Gasteiger charge is 2.12. The van der Waals surface area contributed by atoms with Crippen molar-refractivity contribution in [2.75, 3.05) is 34.3 Å². The second-order valence-corrected chi connectivity index (χ2v) is 5.94. The SMILES string of the molecule is CNC(N)=NC(=O)c1cc2c(C)cc(OCCCN(C)C)cc2[nH]1.Cl.Cl. The monoisotopic (exact) mass is 403 g/mol. The summed E-state index contributed by atoms with van der Waals surface area (Å²) < 4.78 is 5.81. The van der Waals surface area contributed by atoms with Crippen LogP contribution in [-0.4, -0.2) is 56.0 Å². The van der Waals surface area contributed by atoms with Crippen molar-refractivity contribution in [2.24, 2.45) is 10.7 Å². The van der Waals surface area contributed by atoms with Crippen LogP contribution in [0.2, 0.25) is 0 Å². The van der Waals surface area contributed by atoms with E-state index in [1.807, 2.05) is 33.2 Å². The number of aryl methyl sites for hydroxylation is 1. The van der Waals surface area contributed by atoms with Gasteiger partial charge in [-0.15, -0.1) is 24.8 Å². The molecule has 0 bridgehead atoms. The molecule has 1 aromatic heterocycles. The zero-order valence-corrected chi connectivity index (χ0v) is 17.1. The van der Waals surface area contributed by atoms with Gasteiger partial charge < -0.3 is 25.7 Å². The van der Waals surface area contributed by atoms with Gasteiger partial charge in [0.1, 0.15) is 11.4 Å². The van der Waals surface area contributed by atoms with Gasteiger partial charge in [-0.3, -0.25) is 4.79 Å². The lowest BCUT2D eigenvalue weighted by molar-refractivity contribution is 0.0998. The Morgan fingerprint density at radius 2 is 2.00 bits per heavy atom. The summed E-state index contributed by atoms with van der Waals surface area (Å²) in [5.41, 5.74) is 7.81. The van der Waals surface area contributed by atoms with Crippen LogP contribution in [0.4, 0.5) is 0 Å². The summed E-state index contributed by atoms with van der Waals surface area (Å²) in [5, 5.41) is 3.60. The highest BCUT2D eigenvalue weighted by atomic mass is 35.5. The topological polar surface area (TPSA) is 95.7 Å². The summed E-state index contributed by atoms with van der Waals surface area (Å²) in [7, 11) is 5.69. The van der Waals surface area contributed by atoms with Crippen LogP contribution in [0.5, 0.6) is 5.75 Å². The van der Waals surface area contributed by atoms with Crippen LogP contribution >= 0.6 is 24.8 Å². The number of carbonyl (C=O) groups is 1. The molecule has 0 radical (unpaired) electrons. The van der Waals surface area contributed by atoms with E-state index in [-0.39, 0.29) is 30.8 Å². The van der Waals surface area contributed by atoms with Crippen LogP contribution < -0.4 is 15.8 Å². The number of fused-ring (bicyclic) bond motifs is 1. The van der Waals surface area contributed by atoms with Gasteiger partial charge in [-0.25, -0.2) is 0 Å². The third-order valence-corrected chi connectivity index (χ3v) is 3.65. The molecule has 0 aliphatic heterocycles. The van der Waals surface area contributed by atoms with E-state index < -0.39 is 5.91 Å². The molecule has 0 unspecified atom stereocenters. The maximum Gasteiger partial charge on any atom is 0.296 e. The fourth-order valence-electron chi connectivity index (χ4n) is 2.38. The van der Waals surface area contributed by atoms with Gasteiger partial charge in [0.15, 0.2) is 5.96 Å². The second kappa shape index (κ2) is 10.9. The molecular formula is C17H27Cl2N5O2. The van der Waals surface area contributed by atoms with Gasteiger partial charge in [0, 0.05) is 30.6 Å². The average Bonchev–Trinajstić information content (AvgIpc) is 2.96. The van der Waals surface area contributed by atoms with Crippen LogP contribution in [0.1, 0.15) is 22.5 Å². The van der Waals surface area contributed by atoms with E-state index in [0.717, 1.165) is 35.2 Å². The standard InChI is InChI=1S/C17H25N5O2.2ClH/c1-11-8-12(24-7-5-6-22(3)4)9-14-13(11)10-15(20-14)16(23)21-17(18)19-2;;/h8-10,20H,5-7H2,1-4H3,(H3,18,19,21,23);2*1H. The van der Waals surface area contributed by atoms with Crippen molar-refractivity contribution in [3.63, 3.8) is 0 Å². The van der Waals surface area contributed by atoms with Crippen molar-refractivity contribution < 1.29 is 9.53 Å². The number of aromatic nitrogens is 1. The van der Waals surface area contributed by atoms with Crippen LogP contribution in [0.15, 0.2) is 23.2 Å². The molecule has 1 aromatic carbocycles. The number of nitrogens with zero attached hydrogens (tertiary/aromatic N) is 2. The molecule has 2 aromatic rings. The molecule has 0 fully saturated rings. The lowest BCUT2D eigenvalue weighted by atomic mass is 10.1. The smallest absolute Gasteiger partial charge is 0.296 e. The van der Waals surface area contributed by atoms with Crippen molar-refractivity contribution in [2.45, 2.75) is 13.3 Å². The number of guanidine groups is 1. The number of aliphatic imine (C=N–C) groups is 1. The second-order valence-electron chi connectivity index (χ2n) is 5.94. The Kier molecular flexibility index (Phi) is 10.1. The van der Waals surface area contributed by atoms with Gasteiger partial charge in [0.25, 0.3) is 5.91 Å². The number of rotatable bonds is 6. The highest BCUT2D eigenvalue weighted by Crippen LogP contribution is 2.26. The fourth-order valence-corrected chi connectivity index (χ4v) is 2.38. The first-order valence-electron chi connectivity index (χ1n) is 7.88. The summed E-state index contributed by atoms with van der Waals surface area (Å²) in [4.78, 5) is 21.1. The number of carbonyl (C=O) groups excluding carboxylic acids is 1. The summed E-state index contributed by atoms with van der Waals surface area (Å²) >= 11 is 0. The molecule has 4 N–H and O–H groups in total. The van der Waals surface area contributed by atoms with Gasteiger partial charge in [-0.1, -0.05) is 0 Å². The molecule has 7 nitrogen and oxygen atoms in total. The number of hydrogen-bond donors (Lipinski definition) is 3. The minimum atomic E-state index is -0.411. The minimum Gasteiger partial charge on any atom is -0.493 e. The van der Waals surface area contributed by atoms with Gasteiger partial charge in [-0.2, -0.15) is 4.99 Å². The summed E-state index contributed by atoms with van der Waals surface area (Å²) in [6.45, 7) is 3.62. The molecule has 26 heavy (non-hydrogen) atoms. The Labute approximate surface area is 166 Å². The van der Waals surface area contributed by atoms with Crippen molar-refractivity contribution in [1.29, 1.82) is 0 Å². The van der Waals surface area contributed by atoms with Crippen LogP contribution in [0.3, 0.4) is 0 Å². The lowest BCUT2D eigenvalue weighted by Gasteiger charge is -2.11. The molecule has 0 atom stereocenters. The van der Waals surface area contributed by atoms with E-state index in [1.165, 1.54) is 0 Å². The van der Waals surface area contributed by atoms with Crippen molar-refractivity contribution in [3.05, 3.63) is 29.5 Å². The Morgan fingerprint density at radius 1 is 1.31 bits per heavy atom. The highest BCUT2D eigenvalue weighted by molar-refractivity contribution is 6.04. The molecule has 2 rings (SSSR count). The Bertz CT molecular complexity index is 759. The molecule has 0 spiro atoms. The first-order valence-corrected chi connectivity index (χ1v) is 7.88.